The van der Waals surface area contributed by atoms with Crippen LogP contribution in [-0.2, 0) is 28.6 Å². The Labute approximate surface area is 108 Å². The second kappa shape index (κ2) is 6.83. The van der Waals surface area contributed by atoms with Gasteiger partial charge >= 0.3 is 0 Å². The smallest absolute Gasteiger partial charge is 0.274 e. The standard InChI is InChI=1S/C8H10O3S.C2H6O3S/c1-7-3-5-8(6-4-7)12(9,10)11-2;1-5-6(2,3)4/h3-6H,1-2H3;1-2H3. The van der Waals surface area contributed by atoms with Crippen molar-refractivity contribution in [3.8, 4) is 0 Å². The molecule has 1 aromatic rings. The van der Waals surface area contributed by atoms with Gasteiger partial charge in [0, 0.05) is 0 Å². The van der Waals surface area contributed by atoms with E-state index in [-0.39, 0.29) is 4.90 Å². The molecule has 0 fully saturated rings. The van der Waals surface area contributed by atoms with E-state index in [1.165, 1.54) is 12.1 Å². The minimum Gasteiger partial charge on any atom is -0.274 e. The summed E-state index contributed by atoms with van der Waals surface area (Å²) >= 11 is 0. The van der Waals surface area contributed by atoms with Crippen molar-refractivity contribution in [2.24, 2.45) is 0 Å². The fourth-order valence-corrected chi connectivity index (χ4v) is 1.46. The summed E-state index contributed by atoms with van der Waals surface area (Å²) in [6.45, 7) is 1.89. The Kier molecular flexibility index (Phi) is 6.47. The first-order valence-corrected chi connectivity index (χ1v) is 7.97. The molecule has 1 rings (SSSR count). The fourth-order valence-electron chi connectivity index (χ4n) is 0.801. The molecule has 0 radical (unpaired) electrons. The first kappa shape index (κ1) is 17.0. The molecule has 0 amide bonds. The van der Waals surface area contributed by atoms with Gasteiger partial charge < -0.3 is 0 Å². The number of benzene rings is 1. The van der Waals surface area contributed by atoms with Gasteiger partial charge in [-0.15, -0.1) is 0 Å². The second-order valence-corrected chi connectivity index (χ2v) is 6.76. The zero-order chi connectivity index (χ0) is 14.4. The molecule has 0 saturated carbocycles. The summed E-state index contributed by atoms with van der Waals surface area (Å²) in [5, 5.41) is 0. The molecule has 0 aliphatic carbocycles. The van der Waals surface area contributed by atoms with Crippen molar-refractivity contribution < 1.29 is 25.2 Å². The van der Waals surface area contributed by atoms with E-state index in [2.05, 4.69) is 8.37 Å². The van der Waals surface area contributed by atoms with E-state index < -0.39 is 20.2 Å². The van der Waals surface area contributed by atoms with Gasteiger partial charge in [-0.2, -0.15) is 16.8 Å². The molecule has 1 aromatic carbocycles. The lowest BCUT2D eigenvalue weighted by Crippen LogP contribution is -2.02. The first-order chi connectivity index (χ1) is 8.12. The third-order valence-corrected chi connectivity index (χ3v) is 3.73. The van der Waals surface area contributed by atoms with E-state index >= 15 is 0 Å². The van der Waals surface area contributed by atoms with Crippen LogP contribution in [0.4, 0.5) is 0 Å². The molecule has 0 aromatic heterocycles. The van der Waals surface area contributed by atoms with Crippen LogP contribution in [0.2, 0.25) is 0 Å². The van der Waals surface area contributed by atoms with Gasteiger partial charge in [0.15, 0.2) is 0 Å². The molecule has 8 heteroatoms. The van der Waals surface area contributed by atoms with Crippen molar-refractivity contribution in [1.82, 2.24) is 0 Å². The van der Waals surface area contributed by atoms with Crippen LogP contribution in [0, 0.1) is 6.92 Å². The Balaban J connectivity index is 0.000000411. The monoisotopic (exact) mass is 296 g/mol. The van der Waals surface area contributed by atoms with E-state index in [4.69, 9.17) is 0 Å². The maximum absolute atomic E-state index is 11.1. The lowest BCUT2D eigenvalue weighted by molar-refractivity contribution is 0.397. The van der Waals surface area contributed by atoms with Crippen LogP contribution in [-0.4, -0.2) is 37.3 Å². The highest BCUT2D eigenvalue weighted by molar-refractivity contribution is 7.86. The first-order valence-electron chi connectivity index (χ1n) is 4.75. The Bertz CT molecular complexity index is 557. The summed E-state index contributed by atoms with van der Waals surface area (Å²) in [7, 11) is -4.41. The molecule has 0 aliphatic heterocycles. The van der Waals surface area contributed by atoms with Crippen LogP contribution in [0.3, 0.4) is 0 Å². The molecular formula is C10H16O6S2. The predicted molar refractivity (Wildman–Crippen MR) is 67.2 cm³/mol. The van der Waals surface area contributed by atoms with Gasteiger partial charge in [-0.3, -0.25) is 8.37 Å². The fraction of sp³-hybridized carbons (Fsp3) is 0.400. The lowest BCUT2D eigenvalue weighted by Gasteiger charge is -2.00. The molecule has 0 saturated heterocycles. The minimum atomic E-state index is -3.51. The average Bonchev–Trinajstić information content (AvgIpc) is 2.29. The normalized spacial score (nSPS) is 11.6. The summed E-state index contributed by atoms with van der Waals surface area (Å²) in [5.74, 6) is 0. The van der Waals surface area contributed by atoms with Crippen LogP contribution >= 0.6 is 0 Å². The lowest BCUT2D eigenvalue weighted by atomic mass is 10.2. The van der Waals surface area contributed by atoms with Crippen molar-refractivity contribution in [2.45, 2.75) is 11.8 Å². The molecule has 0 N–H and O–H groups in total. The maximum atomic E-state index is 11.1. The number of aryl methyl sites for hydroxylation is 1. The van der Waals surface area contributed by atoms with Crippen molar-refractivity contribution in [1.29, 1.82) is 0 Å². The number of rotatable bonds is 3. The molecular weight excluding hydrogens is 280 g/mol. The Morgan fingerprint density at radius 3 is 1.56 bits per heavy atom. The summed E-state index contributed by atoms with van der Waals surface area (Å²) in [6.07, 6.45) is 0.993. The zero-order valence-electron chi connectivity index (χ0n) is 10.6. The van der Waals surface area contributed by atoms with E-state index in [0.717, 1.165) is 26.0 Å². The van der Waals surface area contributed by atoms with E-state index in [9.17, 15) is 16.8 Å². The molecule has 0 spiro atoms. The van der Waals surface area contributed by atoms with Crippen LogP contribution in [0.5, 0.6) is 0 Å². The molecule has 0 aliphatic rings. The van der Waals surface area contributed by atoms with Crippen LogP contribution in [0.1, 0.15) is 5.56 Å². The second-order valence-electron chi connectivity index (χ2n) is 3.30. The Hall–Kier alpha value is -0.960. The van der Waals surface area contributed by atoms with Crippen LogP contribution in [0.15, 0.2) is 29.2 Å². The van der Waals surface area contributed by atoms with E-state index in [1.54, 1.807) is 12.1 Å². The highest BCUT2D eigenvalue weighted by Crippen LogP contribution is 2.11. The van der Waals surface area contributed by atoms with Crippen LogP contribution in [0.25, 0.3) is 0 Å². The van der Waals surface area contributed by atoms with Crippen molar-refractivity contribution in [3.05, 3.63) is 29.8 Å². The van der Waals surface area contributed by atoms with Gasteiger partial charge in [-0.05, 0) is 19.1 Å². The maximum Gasteiger partial charge on any atom is 0.296 e. The SMILES string of the molecule is COS(=O)(=O)c1ccc(C)cc1.COS(C)(=O)=O. The molecule has 0 unspecified atom stereocenters. The molecule has 0 heterocycles. The Morgan fingerprint density at radius 2 is 1.28 bits per heavy atom. The van der Waals surface area contributed by atoms with Gasteiger partial charge in [0.25, 0.3) is 20.2 Å². The van der Waals surface area contributed by atoms with Crippen molar-refractivity contribution >= 4 is 20.2 Å². The summed E-state index contributed by atoms with van der Waals surface area (Å²) < 4.78 is 50.0. The van der Waals surface area contributed by atoms with E-state index in [1.807, 2.05) is 6.92 Å². The summed E-state index contributed by atoms with van der Waals surface area (Å²) in [6, 6.07) is 6.50. The minimum absolute atomic E-state index is 0.190. The van der Waals surface area contributed by atoms with Gasteiger partial charge in [0.2, 0.25) is 0 Å². The van der Waals surface area contributed by atoms with Crippen LogP contribution < -0.4 is 0 Å². The largest absolute Gasteiger partial charge is 0.296 e. The topological polar surface area (TPSA) is 86.7 Å². The van der Waals surface area contributed by atoms with E-state index in [0.29, 0.717) is 0 Å². The number of hydrogen-bond donors (Lipinski definition) is 0. The Morgan fingerprint density at radius 1 is 0.889 bits per heavy atom. The van der Waals surface area contributed by atoms with Gasteiger partial charge in [-0.25, -0.2) is 0 Å². The third kappa shape index (κ3) is 6.70. The highest BCUT2D eigenvalue weighted by Gasteiger charge is 2.10. The zero-order valence-corrected chi connectivity index (χ0v) is 12.2. The molecule has 0 bridgehead atoms. The number of hydrogen-bond acceptors (Lipinski definition) is 6. The highest BCUT2D eigenvalue weighted by atomic mass is 32.2. The quantitative estimate of drug-likeness (QED) is 0.771. The van der Waals surface area contributed by atoms with Gasteiger partial charge in [0.05, 0.1) is 25.4 Å². The van der Waals surface area contributed by atoms with Gasteiger partial charge in [-0.1, -0.05) is 17.7 Å². The van der Waals surface area contributed by atoms with Crippen molar-refractivity contribution in [2.75, 3.05) is 20.5 Å². The van der Waals surface area contributed by atoms with Gasteiger partial charge in [0.1, 0.15) is 0 Å². The summed E-state index contributed by atoms with van der Waals surface area (Å²) in [4.78, 5) is 0.190. The third-order valence-electron chi connectivity index (χ3n) is 1.83. The molecule has 104 valence electrons. The molecule has 6 nitrogen and oxygen atoms in total. The summed E-state index contributed by atoms with van der Waals surface area (Å²) in [5.41, 5.74) is 1.02. The van der Waals surface area contributed by atoms with Crippen molar-refractivity contribution in [3.63, 3.8) is 0 Å². The average molecular weight is 296 g/mol. The molecule has 18 heavy (non-hydrogen) atoms. The predicted octanol–water partition coefficient (Wildman–Crippen LogP) is 0.923. The molecule has 0 atom stereocenters.